The van der Waals surface area contributed by atoms with Gasteiger partial charge in [0.25, 0.3) is 5.91 Å². The molecule has 0 spiro atoms. The van der Waals surface area contributed by atoms with Gasteiger partial charge in [-0.05, 0) is 60.7 Å². The van der Waals surface area contributed by atoms with E-state index in [1.165, 1.54) is 36.1 Å². The topological polar surface area (TPSA) is 81.8 Å². The van der Waals surface area contributed by atoms with Crippen LogP contribution in [0.2, 0.25) is 0 Å². The van der Waals surface area contributed by atoms with Crippen LogP contribution in [0.1, 0.15) is 13.3 Å². The Labute approximate surface area is 192 Å². The molecular formula is C21H20BrFN4O3S. The van der Waals surface area contributed by atoms with Crippen molar-refractivity contribution in [3.63, 3.8) is 0 Å². The number of carbonyl (C=O) groups excluding carboxylic acids is 3. The van der Waals surface area contributed by atoms with Gasteiger partial charge in [-0.3, -0.25) is 19.3 Å². The van der Waals surface area contributed by atoms with Crippen LogP contribution in [0.15, 0.2) is 53.0 Å². The molecule has 10 heteroatoms. The van der Waals surface area contributed by atoms with Gasteiger partial charge in [-0.15, -0.1) is 0 Å². The zero-order chi connectivity index (χ0) is 22.5. The Hall–Kier alpha value is -2.85. The standard InChI is InChI=1S/C21H20BrFN4O3S/c1-13(28)24-10-11-26-18(12-19(29)25-16-6-2-14(22)3-7-16)20(30)27(21(26)31)17-8-4-15(23)5-9-17/h2-9,18H,10-12H2,1H3,(H,24,28)(H,25,29). The first-order valence-corrected chi connectivity index (χ1v) is 10.7. The van der Waals surface area contributed by atoms with Crippen molar-refractivity contribution in [3.05, 3.63) is 58.8 Å². The normalized spacial score (nSPS) is 15.9. The van der Waals surface area contributed by atoms with Crippen molar-refractivity contribution in [2.45, 2.75) is 19.4 Å². The fourth-order valence-corrected chi connectivity index (χ4v) is 3.87. The molecule has 1 saturated heterocycles. The molecule has 2 aromatic carbocycles. The van der Waals surface area contributed by atoms with Crippen molar-refractivity contribution in [3.8, 4) is 0 Å². The summed E-state index contributed by atoms with van der Waals surface area (Å²) in [5.74, 6) is -1.38. The van der Waals surface area contributed by atoms with Crippen LogP contribution >= 0.6 is 28.1 Å². The zero-order valence-corrected chi connectivity index (χ0v) is 19.0. The number of halogens is 2. The third-order valence-electron chi connectivity index (χ3n) is 4.64. The van der Waals surface area contributed by atoms with E-state index in [0.717, 1.165) is 4.47 Å². The Morgan fingerprint density at radius 2 is 1.77 bits per heavy atom. The largest absolute Gasteiger partial charge is 0.355 e. The maximum Gasteiger partial charge on any atom is 0.256 e. The highest BCUT2D eigenvalue weighted by Gasteiger charge is 2.43. The maximum absolute atomic E-state index is 13.3. The zero-order valence-electron chi connectivity index (χ0n) is 16.6. The Bertz CT molecular complexity index is 1000. The molecule has 1 atom stereocenters. The summed E-state index contributed by atoms with van der Waals surface area (Å²) in [7, 11) is 0. The molecule has 31 heavy (non-hydrogen) atoms. The van der Waals surface area contributed by atoms with Crippen molar-refractivity contribution < 1.29 is 18.8 Å². The number of rotatable bonds is 7. The van der Waals surface area contributed by atoms with E-state index in [9.17, 15) is 18.8 Å². The van der Waals surface area contributed by atoms with Crippen LogP contribution in [0.4, 0.5) is 15.8 Å². The minimum atomic E-state index is -0.846. The number of carbonyl (C=O) groups is 3. The van der Waals surface area contributed by atoms with E-state index in [2.05, 4.69) is 26.6 Å². The van der Waals surface area contributed by atoms with Crippen molar-refractivity contribution in [1.29, 1.82) is 0 Å². The molecule has 1 unspecified atom stereocenters. The number of hydrogen-bond acceptors (Lipinski definition) is 4. The number of amides is 3. The van der Waals surface area contributed by atoms with Crippen molar-refractivity contribution in [2.24, 2.45) is 0 Å². The van der Waals surface area contributed by atoms with E-state index in [-0.39, 0.29) is 42.3 Å². The second-order valence-corrected chi connectivity index (χ2v) is 8.16. The molecule has 0 aromatic heterocycles. The summed E-state index contributed by atoms with van der Waals surface area (Å²) in [5, 5.41) is 5.63. The van der Waals surface area contributed by atoms with Crippen molar-refractivity contribution >= 4 is 62.4 Å². The molecule has 0 bridgehead atoms. The highest BCUT2D eigenvalue weighted by Crippen LogP contribution is 2.27. The smallest absolute Gasteiger partial charge is 0.256 e. The summed E-state index contributed by atoms with van der Waals surface area (Å²) >= 11 is 8.83. The fraction of sp³-hybridized carbons (Fsp3) is 0.238. The van der Waals surface area contributed by atoms with Crippen LogP contribution in [-0.4, -0.2) is 46.9 Å². The number of nitrogens with zero attached hydrogens (tertiary/aromatic N) is 2. The number of anilines is 2. The predicted octanol–water partition coefficient (Wildman–Crippen LogP) is 3.06. The van der Waals surface area contributed by atoms with Gasteiger partial charge in [0, 0.05) is 30.2 Å². The van der Waals surface area contributed by atoms with Gasteiger partial charge in [0.15, 0.2) is 5.11 Å². The average molecular weight is 507 g/mol. The van der Waals surface area contributed by atoms with Gasteiger partial charge in [0.05, 0.1) is 12.1 Å². The molecule has 7 nitrogen and oxygen atoms in total. The number of nitrogens with one attached hydrogen (secondary N) is 2. The Morgan fingerprint density at radius 3 is 2.39 bits per heavy atom. The lowest BCUT2D eigenvalue weighted by molar-refractivity contribution is -0.124. The SMILES string of the molecule is CC(=O)NCCN1C(=S)N(c2ccc(F)cc2)C(=O)C1CC(=O)Nc1ccc(Br)cc1. The number of thiocarbonyl (C=S) groups is 1. The van der Waals surface area contributed by atoms with E-state index in [4.69, 9.17) is 12.2 Å². The third kappa shape index (κ3) is 5.65. The van der Waals surface area contributed by atoms with Crippen LogP contribution < -0.4 is 15.5 Å². The summed E-state index contributed by atoms with van der Waals surface area (Å²) in [5.41, 5.74) is 1.01. The summed E-state index contributed by atoms with van der Waals surface area (Å²) in [6.07, 6.45) is -0.132. The monoisotopic (exact) mass is 506 g/mol. The molecule has 3 amide bonds. The molecule has 3 rings (SSSR count). The lowest BCUT2D eigenvalue weighted by atomic mass is 10.1. The molecule has 1 fully saturated rings. The quantitative estimate of drug-likeness (QED) is 0.564. The Morgan fingerprint density at radius 1 is 1.13 bits per heavy atom. The van der Waals surface area contributed by atoms with Gasteiger partial charge in [-0.25, -0.2) is 4.39 Å². The second kappa shape index (κ2) is 9.97. The van der Waals surface area contributed by atoms with Gasteiger partial charge in [0.1, 0.15) is 11.9 Å². The lowest BCUT2D eigenvalue weighted by Crippen LogP contribution is -2.42. The summed E-state index contributed by atoms with van der Waals surface area (Å²) in [6.45, 7) is 1.89. The van der Waals surface area contributed by atoms with Gasteiger partial charge in [0.2, 0.25) is 11.8 Å². The maximum atomic E-state index is 13.3. The van der Waals surface area contributed by atoms with Crippen molar-refractivity contribution in [2.75, 3.05) is 23.3 Å². The highest BCUT2D eigenvalue weighted by molar-refractivity contribution is 9.10. The van der Waals surface area contributed by atoms with E-state index in [0.29, 0.717) is 11.4 Å². The Kier molecular flexibility index (Phi) is 7.34. The van der Waals surface area contributed by atoms with Crippen LogP contribution in [-0.2, 0) is 14.4 Å². The second-order valence-electron chi connectivity index (χ2n) is 6.88. The first-order valence-electron chi connectivity index (χ1n) is 9.46. The van der Waals surface area contributed by atoms with Gasteiger partial charge < -0.3 is 15.5 Å². The minimum Gasteiger partial charge on any atom is -0.355 e. The molecule has 0 radical (unpaired) electrons. The van der Waals surface area contributed by atoms with Crippen LogP contribution in [0.5, 0.6) is 0 Å². The molecular weight excluding hydrogens is 487 g/mol. The van der Waals surface area contributed by atoms with Crippen LogP contribution in [0.3, 0.4) is 0 Å². The molecule has 0 saturated carbocycles. The summed E-state index contributed by atoms with van der Waals surface area (Å²) in [4.78, 5) is 39.9. The summed E-state index contributed by atoms with van der Waals surface area (Å²) < 4.78 is 14.2. The first kappa shape index (κ1) is 22.8. The van der Waals surface area contributed by atoms with Gasteiger partial charge >= 0.3 is 0 Å². The van der Waals surface area contributed by atoms with E-state index < -0.39 is 11.9 Å². The molecule has 162 valence electrons. The highest BCUT2D eigenvalue weighted by atomic mass is 79.9. The minimum absolute atomic E-state index is 0.132. The fourth-order valence-electron chi connectivity index (χ4n) is 3.19. The molecule has 0 aliphatic carbocycles. The molecule has 2 N–H and O–H groups in total. The van der Waals surface area contributed by atoms with Gasteiger partial charge in [-0.1, -0.05) is 15.9 Å². The molecule has 2 aromatic rings. The summed E-state index contributed by atoms with van der Waals surface area (Å²) in [6, 6.07) is 11.6. The van der Waals surface area contributed by atoms with Gasteiger partial charge in [-0.2, -0.15) is 0 Å². The molecule has 1 aliphatic rings. The van der Waals surface area contributed by atoms with Crippen molar-refractivity contribution in [1.82, 2.24) is 10.2 Å². The van der Waals surface area contributed by atoms with Crippen LogP contribution in [0, 0.1) is 5.82 Å². The van der Waals surface area contributed by atoms with Crippen LogP contribution in [0.25, 0.3) is 0 Å². The van der Waals surface area contributed by atoms with E-state index >= 15 is 0 Å². The third-order valence-corrected chi connectivity index (χ3v) is 5.58. The van der Waals surface area contributed by atoms with E-state index in [1.54, 1.807) is 29.2 Å². The average Bonchev–Trinajstić information content (AvgIpc) is 2.94. The first-order chi connectivity index (χ1) is 14.8. The lowest BCUT2D eigenvalue weighted by Gasteiger charge is -2.24. The molecule has 1 heterocycles. The predicted molar refractivity (Wildman–Crippen MR) is 123 cm³/mol. The molecule has 1 aliphatic heterocycles. The number of hydrogen-bond donors (Lipinski definition) is 2. The van der Waals surface area contributed by atoms with E-state index in [1.807, 2.05) is 0 Å². The Balaban J connectivity index is 1.79. The number of benzene rings is 2.